The maximum atomic E-state index is 13.4. The van der Waals surface area contributed by atoms with Gasteiger partial charge in [0.25, 0.3) is 5.91 Å². The average Bonchev–Trinajstić information content (AvgIpc) is 2.87. The lowest BCUT2D eigenvalue weighted by Crippen LogP contribution is -2.42. The van der Waals surface area contributed by atoms with Crippen molar-refractivity contribution >= 4 is 34.0 Å². The topological polar surface area (TPSA) is 97.0 Å². The fraction of sp³-hybridized carbons (Fsp3) is 0.562. The predicted octanol–water partition coefficient (Wildman–Crippen LogP) is 0.963. The molecule has 144 valence electrons. The van der Waals surface area contributed by atoms with Gasteiger partial charge in [0, 0.05) is 30.8 Å². The van der Waals surface area contributed by atoms with Crippen molar-refractivity contribution < 1.29 is 22.7 Å². The molecule has 1 aromatic rings. The number of carbonyl (C=O) groups is 1. The summed E-state index contributed by atoms with van der Waals surface area (Å²) in [6, 6.07) is 2.93. The first kappa shape index (κ1) is 19.2. The molecule has 8 nitrogen and oxygen atoms in total. The Hall–Kier alpha value is -1.55. The molecule has 3 heterocycles. The summed E-state index contributed by atoms with van der Waals surface area (Å²) < 4.78 is 39.2. The number of fused-ring (bicyclic) bond motifs is 3. The van der Waals surface area contributed by atoms with Gasteiger partial charge in [0.1, 0.15) is 16.4 Å². The summed E-state index contributed by atoms with van der Waals surface area (Å²) in [5, 5.41) is 5.98. The zero-order valence-electron chi connectivity index (χ0n) is 14.4. The highest BCUT2D eigenvalue weighted by molar-refractivity contribution is 7.89. The van der Waals surface area contributed by atoms with Gasteiger partial charge in [0.15, 0.2) is 6.61 Å². The van der Waals surface area contributed by atoms with Crippen LogP contribution in [0.5, 0.6) is 11.5 Å². The van der Waals surface area contributed by atoms with E-state index in [-0.39, 0.29) is 47.6 Å². The third-order valence-electron chi connectivity index (χ3n) is 5.04. The second-order valence-electron chi connectivity index (χ2n) is 6.55. The van der Waals surface area contributed by atoms with Crippen LogP contribution >= 0.6 is 12.4 Å². The van der Waals surface area contributed by atoms with Crippen LogP contribution in [0, 0.1) is 0 Å². The Bertz CT molecular complexity index is 802. The summed E-state index contributed by atoms with van der Waals surface area (Å²) in [6.07, 6.45) is 2.54. The minimum Gasteiger partial charge on any atom is -0.495 e. The monoisotopic (exact) mass is 403 g/mol. The molecule has 3 aliphatic heterocycles. The lowest BCUT2D eigenvalue weighted by atomic mass is 10.1. The quantitative estimate of drug-likeness (QED) is 0.780. The van der Waals surface area contributed by atoms with Gasteiger partial charge in [-0.05, 0) is 25.8 Å². The van der Waals surface area contributed by atoms with Gasteiger partial charge in [-0.3, -0.25) is 4.79 Å². The van der Waals surface area contributed by atoms with E-state index >= 15 is 0 Å². The van der Waals surface area contributed by atoms with Gasteiger partial charge in [-0.15, -0.1) is 12.4 Å². The summed E-state index contributed by atoms with van der Waals surface area (Å²) in [4.78, 5) is 11.6. The Labute approximate surface area is 158 Å². The Balaban J connectivity index is 0.00000196. The Morgan fingerprint density at radius 2 is 2.00 bits per heavy atom. The van der Waals surface area contributed by atoms with Crippen LogP contribution < -0.4 is 20.1 Å². The van der Waals surface area contributed by atoms with E-state index < -0.39 is 10.0 Å². The van der Waals surface area contributed by atoms with Crippen molar-refractivity contribution in [2.24, 2.45) is 0 Å². The van der Waals surface area contributed by atoms with Crippen molar-refractivity contribution in [3.8, 4) is 11.5 Å². The zero-order chi connectivity index (χ0) is 17.6. The molecule has 0 aliphatic carbocycles. The van der Waals surface area contributed by atoms with Crippen LogP contribution in [0.2, 0.25) is 0 Å². The minimum absolute atomic E-state index is 0. The van der Waals surface area contributed by atoms with E-state index in [1.54, 1.807) is 4.31 Å². The summed E-state index contributed by atoms with van der Waals surface area (Å²) in [6.45, 7) is 1.36. The normalized spacial score (nSPS) is 25.3. The highest BCUT2D eigenvalue weighted by Crippen LogP contribution is 2.41. The molecule has 0 aromatic heterocycles. The number of benzene rings is 1. The van der Waals surface area contributed by atoms with E-state index in [9.17, 15) is 13.2 Å². The van der Waals surface area contributed by atoms with Crippen LogP contribution in [-0.2, 0) is 14.8 Å². The Morgan fingerprint density at radius 1 is 1.23 bits per heavy atom. The van der Waals surface area contributed by atoms with E-state index in [2.05, 4.69) is 10.6 Å². The predicted molar refractivity (Wildman–Crippen MR) is 97.7 cm³/mol. The van der Waals surface area contributed by atoms with Gasteiger partial charge in [-0.2, -0.15) is 4.31 Å². The molecule has 2 atom stereocenters. The van der Waals surface area contributed by atoms with Crippen molar-refractivity contribution in [3.05, 3.63) is 12.1 Å². The third kappa shape index (κ3) is 3.13. The van der Waals surface area contributed by atoms with Crippen molar-refractivity contribution in [1.29, 1.82) is 0 Å². The molecule has 2 N–H and O–H groups in total. The van der Waals surface area contributed by atoms with Crippen LogP contribution in [0.25, 0.3) is 0 Å². The molecule has 0 saturated carbocycles. The van der Waals surface area contributed by atoms with Crippen molar-refractivity contribution in [2.75, 3.05) is 32.1 Å². The number of halogens is 1. The smallest absolute Gasteiger partial charge is 0.262 e. The first-order valence-corrected chi connectivity index (χ1v) is 9.83. The van der Waals surface area contributed by atoms with Crippen LogP contribution in [0.3, 0.4) is 0 Å². The van der Waals surface area contributed by atoms with Gasteiger partial charge in [-0.25, -0.2) is 8.42 Å². The van der Waals surface area contributed by atoms with E-state index in [0.29, 0.717) is 18.0 Å². The molecule has 4 rings (SSSR count). The van der Waals surface area contributed by atoms with Crippen molar-refractivity contribution in [3.63, 3.8) is 0 Å². The molecular weight excluding hydrogens is 382 g/mol. The number of sulfonamides is 1. The Morgan fingerprint density at radius 3 is 2.77 bits per heavy atom. The first-order valence-electron chi connectivity index (χ1n) is 8.39. The number of methoxy groups -OCH3 is 1. The summed E-state index contributed by atoms with van der Waals surface area (Å²) in [5.41, 5.74) is 0.424. The van der Waals surface area contributed by atoms with E-state index in [1.807, 2.05) is 0 Å². The number of amides is 1. The molecule has 2 fully saturated rings. The second kappa shape index (κ2) is 7.22. The number of rotatable bonds is 3. The van der Waals surface area contributed by atoms with E-state index in [1.165, 1.54) is 19.2 Å². The SMILES string of the molecule is COc1cc2c(cc1S(=O)(=O)N1C3CCNCC1CC3)OCC(=O)N2.Cl. The fourth-order valence-corrected chi connectivity index (χ4v) is 5.95. The van der Waals surface area contributed by atoms with Gasteiger partial charge >= 0.3 is 0 Å². The van der Waals surface area contributed by atoms with Crippen LogP contribution in [0.4, 0.5) is 5.69 Å². The van der Waals surface area contributed by atoms with Gasteiger partial charge in [0.2, 0.25) is 10.0 Å². The standard InChI is InChI=1S/C16H21N3O5S.ClH/c1-23-14-6-12-13(24-9-16(20)18-12)7-15(14)25(21,22)19-10-2-3-11(19)8-17-5-4-10;/h6-7,10-11,17H,2-5,8-9H2,1H3,(H,18,20);1H. The number of hydrogen-bond acceptors (Lipinski definition) is 6. The molecule has 10 heteroatoms. The maximum absolute atomic E-state index is 13.4. The summed E-state index contributed by atoms with van der Waals surface area (Å²) in [7, 11) is -2.31. The average molecular weight is 404 g/mol. The number of hydrogen-bond donors (Lipinski definition) is 2. The van der Waals surface area contributed by atoms with Crippen LogP contribution in [-0.4, -0.2) is 57.5 Å². The molecule has 26 heavy (non-hydrogen) atoms. The largest absolute Gasteiger partial charge is 0.495 e. The van der Waals surface area contributed by atoms with E-state index in [4.69, 9.17) is 9.47 Å². The number of anilines is 1. The first-order chi connectivity index (χ1) is 12.0. The molecule has 1 amide bonds. The maximum Gasteiger partial charge on any atom is 0.262 e. The van der Waals surface area contributed by atoms with Gasteiger partial charge in [0.05, 0.1) is 12.8 Å². The number of carbonyl (C=O) groups excluding carboxylic acids is 1. The Kier molecular flexibility index (Phi) is 5.34. The highest BCUT2D eigenvalue weighted by atomic mass is 35.5. The van der Waals surface area contributed by atoms with Gasteiger partial charge < -0.3 is 20.1 Å². The van der Waals surface area contributed by atoms with Crippen molar-refractivity contribution in [2.45, 2.75) is 36.2 Å². The fourth-order valence-electron chi connectivity index (χ4n) is 3.89. The number of ether oxygens (including phenoxy) is 2. The summed E-state index contributed by atoms with van der Waals surface area (Å²) in [5.74, 6) is 0.280. The van der Waals surface area contributed by atoms with Crippen LogP contribution in [0.15, 0.2) is 17.0 Å². The molecule has 2 bridgehead atoms. The minimum atomic E-state index is -3.74. The molecule has 2 saturated heterocycles. The lowest BCUT2D eigenvalue weighted by Gasteiger charge is -2.28. The second-order valence-corrected chi connectivity index (χ2v) is 8.36. The molecule has 0 spiro atoms. The molecular formula is C16H22ClN3O5S. The summed E-state index contributed by atoms with van der Waals surface area (Å²) >= 11 is 0. The van der Waals surface area contributed by atoms with E-state index in [0.717, 1.165) is 25.8 Å². The molecule has 1 aromatic carbocycles. The molecule has 0 radical (unpaired) electrons. The molecule has 2 unspecified atom stereocenters. The van der Waals surface area contributed by atoms with Crippen LogP contribution in [0.1, 0.15) is 19.3 Å². The highest BCUT2D eigenvalue weighted by Gasteiger charge is 2.44. The van der Waals surface area contributed by atoms with Gasteiger partial charge in [-0.1, -0.05) is 0 Å². The molecule has 3 aliphatic rings. The third-order valence-corrected chi connectivity index (χ3v) is 7.07. The number of nitrogens with zero attached hydrogens (tertiary/aromatic N) is 1. The lowest BCUT2D eigenvalue weighted by molar-refractivity contribution is -0.118. The zero-order valence-corrected chi connectivity index (χ0v) is 16.0. The van der Waals surface area contributed by atoms with Crippen molar-refractivity contribution in [1.82, 2.24) is 9.62 Å². The number of nitrogens with one attached hydrogen (secondary N) is 2.